The number of carbonyl (C=O) groups is 2. The molecule has 4 heterocycles. The van der Waals surface area contributed by atoms with Crippen LogP contribution in [-0.4, -0.2) is 47.4 Å². The number of para-hydroxylation sites is 2. The van der Waals surface area contributed by atoms with Gasteiger partial charge in [0.1, 0.15) is 9.21 Å². The Morgan fingerprint density at radius 2 is 1.02 bits per heavy atom. The Labute approximate surface area is 362 Å². The van der Waals surface area contributed by atoms with E-state index in [0.717, 1.165) is 36.5 Å². The summed E-state index contributed by atoms with van der Waals surface area (Å²) in [5, 5.41) is 0.999. The molecule has 0 aliphatic carbocycles. The molecule has 4 aromatic heterocycles. The van der Waals surface area contributed by atoms with Gasteiger partial charge in [0.15, 0.2) is 11.6 Å². The van der Waals surface area contributed by atoms with E-state index in [0.29, 0.717) is 39.9 Å². The summed E-state index contributed by atoms with van der Waals surface area (Å²) in [4.78, 5) is 63.0. The second-order valence-corrected chi connectivity index (χ2v) is 17.2. The summed E-state index contributed by atoms with van der Waals surface area (Å²) in [6.07, 6.45) is 6.81. The molecule has 294 valence electrons. The minimum atomic E-state index is -1.13. The van der Waals surface area contributed by atoms with E-state index in [1.165, 1.54) is 0 Å². The average molecular weight is 947 g/mol. The fraction of sp³-hybridized carbons (Fsp3) is 0.0870. The molecule has 8 rings (SSSR count). The van der Waals surface area contributed by atoms with Crippen LogP contribution in [0.25, 0.3) is 21.8 Å². The van der Waals surface area contributed by atoms with Crippen molar-refractivity contribution in [1.29, 1.82) is 0 Å². The number of aromatic nitrogens is 4. The van der Waals surface area contributed by atoms with Gasteiger partial charge in [-0.25, -0.2) is 9.97 Å². The lowest BCUT2D eigenvalue weighted by molar-refractivity contribution is 0.102. The van der Waals surface area contributed by atoms with E-state index in [4.69, 9.17) is 0 Å². The lowest BCUT2D eigenvalue weighted by Crippen LogP contribution is -2.20. The second kappa shape index (κ2) is 18.5. The first kappa shape index (κ1) is 41.6. The Morgan fingerprint density at radius 3 is 1.42 bits per heavy atom. The third kappa shape index (κ3) is 9.49. The molecule has 0 N–H and O–H groups in total. The molecule has 1 atom stereocenters. The van der Waals surface area contributed by atoms with Crippen molar-refractivity contribution in [1.82, 2.24) is 19.1 Å². The molecule has 1 unspecified atom stereocenters. The van der Waals surface area contributed by atoms with Crippen LogP contribution in [-0.2, 0) is 23.9 Å². The number of carbonyl (C=O) groups excluding carboxylic acids is 2. The molecule has 59 heavy (non-hydrogen) atoms. The van der Waals surface area contributed by atoms with E-state index >= 15 is 0 Å². The second-order valence-electron chi connectivity index (χ2n) is 13.3. The molecule has 0 saturated carbocycles. The molecule has 0 amide bonds. The highest BCUT2D eigenvalue weighted by Crippen LogP contribution is 2.21. The minimum Gasteiger partial charge on any atom is -0.340 e. The Kier molecular flexibility index (Phi) is 13.1. The van der Waals surface area contributed by atoms with Gasteiger partial charge in [-0.3, -0.25) is 23.4 Å². The first-order valence-corrected chi connectivity index (χ1v) is 22.5. The van der Waals surface area contributed by atoms with Crippen LogP contribution in [0.2, 0.25) is 0 Å². The van der Waals surface area contributed by atoms with Gasteiger partial charge in [0.05, 0.1) is 46.6 Å². The van der Waals surface area contributed by atoms with Gasteiger partial charge in [-0.05, 0) is 135 Å². The maximum Gasteiger partial charge on any atom is 0.200 e. The highest BCUT2D eigenvalue weighted by molar-refractivity contribution is 9.10. The molecule has 9 nitrogen and oxygen atoms in total. The van der Waals surface area contributed by atoms with Crippen LogP contribution in [0.3, 0.4) is 0 Å². The molecule has 0 saturated heterocycles. The zero-order valence-electron chi connectivity index (χ0n) is 31.7. The van der Waals surface area contributed by atoms with E-state index in [9.17, 15) is 23.4 Å². The number of ketones is 2. The van der Waals surface area contributed by atoms with E-state index in [2.05, 4.69) is 41.8 Å². The van der Waals surface area contributed by atoms with Crippen molar-refractivity contribution in [2.45, 2.75) is 22.9 Å². The van der Waals surface area contributed by atoms with Crippen LogP contribution >= 0.6 is 43.6 Å². The number of benzene rings is 4. The fourth-order valence-electron chi connectivity index (χ4n) is 6.55. The van der Waals surface area contributed by atoms with Crippen LogP contribution < -0.4 is 10.9 Å². The molecule has 0 aliphatic rings. The summed E-state index contributed by atoms with van der Waals surface area (Å²) in [5.74, 6) is -0.639. The number of halogens is 2. The first-order valence-electron chi connectivity index (χ1n) is 18.1. The number of hydrogen-bond acceptors (Lipinski definition) is 8. The van der Waals surface area contributed by atoms with Crippen LogP contribution in [0.15, 0.2) is 174 Å². The summed E-state index contributed by atoms with van der Waals surface area (Å²) in [5.41, 5.74) is 3.71. The third-order valence-corrected chi connectivity index (χ3v) is 12.0. The van der Waals surface area contributed by atoms with Crippen molar-refractivity contribution >= 4 is 87.8 Å². The van der Waals surface area contributed by atoms with Crippen LogP contribution in [0.4, 0.5) is 0 Å². The third-order valence-electron chi connectivity index (χ3n) is 9.48. The molecule has 0 spiro atoms. The van der Waals surface area contributed by atoms with E-state index in [-0.39, 0.29) is 33.6 Å². The topological polar surface area (TPSA) is 121 Å². The Balaban J connectivity index is 0.000000179. The molecule has 13 heteroatoms. The predicted molar refractivity (Wildman–Crippen MR) is 242 cm³/mol. The SMILES string of the molecule is CS(=O)c1ccc(C(=O)c2cn(Cc3cccc(Br)n3)c3ccccc3c2=O)cc1.CSc1ccc(C(=O)c2cn(Cc3cccc(Br)n3)c3ccccc3c2=O)cc1. The van der Waals surface area contributed by atoms with Crippen molar-refractivity contribution in [2.75, 3.05) is 12.5 Å². The van der Waals surface area contributed by atoms with E-state index < -0.39 is 10.8 Å². The lowest BCUT2D eigenvalue weighted by atomic mass is 10.0. The predicted octanol–water partition coefficient (Wildman–Crippen LogP) is 9.34. The molecule has 0 radical (unpaired) electrons. The summed E-state index contributed by atoms with van der Waals surface area (Å²) in [7, 11) is -1.13. The minimum absolute atomic E-state index is 0.0917. The fourth-order valence-corrected chi connectivity index (χ4v) is 8.24. The standard InChI is InChI=1S/C23H17BrN2O3S.C23H17BrN2O2S/c1-30(29)17-11-9-15(10-12-17)22(27)19-14-26(13-16-5-4-8-21(24)25-16)20-7-3-2-6-18(20)23(19)28;1-29-17-11-9-15(10-12-17)22(27)19-14-26(13-16-5-4-8-21(24)25-16)20-7-3-2-6-18(20)23(19)28/h2-12,14H,13H2,1H3;2-12,14H,13H2,1H3. The quantitative estimate of drug-likeness (QED) is 0.0756. The van der Waals surface area contributed by atoms with Crippen LogP contribution in [0, 0.1) is 0 Å². The van der Waals surface area contributed by atoms with Gasteiger partial charge in [0.25, 0.3) is 0 Å². The Morgan fingerprint density at radius 1 is 0.593 bits per heavy atom. The molecule has 8 aromatic rings. The van der Waals surface area contributed by atoms with Gasteiger partial charge in [0.2, 0.25) is 10.9 Å². The molecular weight excluding hydrogens is 912 g/mol. The first-order chi connectivity index (χ1) is 28.5. The molecule has 4 aromatic carbocycles. The van der Waals surface area contributed by atoms with Gasteiger partial charge in [-0.15, -0.1) is 11.8 Å². The van der Waals surface area contributed by atoms with Gasteiger partial charge in [-0.1, -0.05) is 36.4 Å². The van der Waals surface area contributed by atoms with Gasteiger partial charge < -0.3 is 9.13 Å². The van der Waals surface area contributed by atoms with Crippen molar-refractivity contribution in [3.05, 3.63) is 209 Å². The van der Waals surface area contributed by atoms with Gasteiger partial charge in [0, 0.05) is 61.1 Å². The van der Waals surface area contributed by atoms with E-state index in [1.807, 2.05) is 94.3 Å². The zero-order chi connectivity index (χ0) is 41.6. The highest BCUT2D eigenvalue weighted by atomic mass is 79.9. The number of fused-ring (bicyclic) bond motifs is 2. The largest absolute Gasteiger partial charge is 0.340 e. The molecule has 0 aliphatic heterocycles. The lowest BCUT2D eigenvalue weighted by Gasteiger charge is -2.13. The zero-order valence-corrected chi connectivity index (χ0v) is 36.5. The number of hydrogen-bond donors (Lipinski definition) is 0. The van der Waals surface area contributed by atoms with E-state index in [1.54, 1.807) is 85.0 Å². The maximum absolute atomic E-state index is 13.1. The average Bonchev–Trinajstić information content (AvgIpc) is 3.25. The number of nitrogens with zero attached hydrogens (tertiary/aromatic N) is 4. The summed E-state index contributed by atoms with van der Waals surface area (Å²) in [6.45, 7) is 0.861. The van der Waals surface area contributed by atoms with Crippen molar-refractivity contribution in [3.63, 3.8) is 0 Å². The smallest absolute Gasteiger partial charge is 0.200 e. The monoisotopic (exact) mass is 944 g/mol. The molecular formula is C46H34Br2N4O5S2. The van der Waals surface area contributed by atoms with Gasteiger partial charge in [-0.2, -0.15) is 0 Å². The number of rotatable bonds is 10. The van der Waals surface area contributed by atoms with Crippen molar-refractivity contribution in [2.24, 2.45) is 0 Å². The van der Waals surface area contributed by atoms with Crippen LogP contribution in [0.5, 0.6) is 0 Å². The summed E-state index contributed by atoms with van der Waals surface area (Å²) >= 11 is 8.37. The van der Waals surface area contributed by atoms with Crippen molar-refractivity contribution < 1.29 is 13.8 Å². The normalized spacial score (nSPS) is 11.5. The molecule has 0 bridgehead atoms. The van der Waals surface area contributed by atoms with Crippen molar-refractivity contribution in [3.8, 4) is 0 Å². The van der Waals surface area contributed by atoms with Crippen LogP contribution in [0.1, 0.15) is 43.2 Å². The summed E-state index contributed by atoms with van der Waals surface area (Å²) < 4.78 is 16.8. The Bertz CT molecular complexity index is 3020. The highest BCUT2D eigenvalue weighted by Gasteiger charge is 2.19. The maximum atomic E-state index is 13.1. The van der Waals surface area contributed by atoms with Gasteiger partial charge >= 0.3 is 0 Å². The molecule has 0 fully saturated rings. The number of thioether (sulfide) groups is 1. The number of pyridine rings is 4. The Hall–Kier alpha value is -5.60. The summed E-state index contributed by atoms with van der Waals surface area (Å²) in [6, 6.07) is 39.7.